The number of aliphatic hydroxyl groups is 1. The van der Waals surface area contributed by atoms with Gasteiger partial charge in [-0.05, 0) is 40.5 Å². The Morgan fingerprint density at radius 3 is 2.91 bits per heavy atom. The molecule has 1 atom stereocenters. The number of hydrogen-bond donors (Lipinski definition) is 1. The van der Waals surface area contributed by atoms with Crippen LogP contribution in [0, 0.1) is 5.82 Å². The Labute approximate surface area is 150 Å². The number of β-amino-alcohol motifs (C(OH)–C–C–N with tert-alkyl or cyclic N) is 1. The predicted molar refractivity (Wildman–Crippen MR) is 90.9 cm³/mol. The molecule has 0 saturated carbocycles. The van der Waals surface area contributed by atoms with Gasteiger partial charge in [0.05, 0.1) is 29.3 Å². The Hall–Kier alpha value is -0.730. The summed E-state index contributed by atoms with van der Waals surface area (Å²) in [5.41, 5.74) is -0.987. The Morgan fingerprint density at radius 1 is 1.43 bits per heavy atom. The van der Waals surface area contributed by atoms with Gasteiger partial charge < -0.3 is 14.7 Å². The van der Waals surface area contributed by atoms with Gasteiger partial charge in [0, 0.05) is 11.9 Å². The molecule has 0 aliphatic carbocycles. The second kappa shape index (κ2) is 6.29. The highest BCUT2D eigenvalue weighted by atomic mass is 79.9. The van der Waals surface area contributed by atoms with E-state index in [2.05, 4.69) is 25.9 Å². The lowest BCUT2D eigenvalue weighted by atomic mass is 10.1. The maximum atomic E-state index is 14.4. The fraction of sp³-hybridized carbons (Fsp3) is 0.429. The summed E-state index contributed by atoms with van der Waals surface area (Å²) < 4.78 is 20.0. The number of hydrogen-bond acceptors (Lipinski definition) is 5. The quantitative estimate of drug-likeness (QED) is 0.561. The number of fused-ring (bicyclic) bond motifs is 1. The third kappa shape index (κ3) is 3.39. The summed E-state index contributed by atoms with van der Waals surface area (Å²) in [7, 11) is 0. The van der Waals surface area contributed by atoms with Crippen molar-refractivity contribution < 1.29 is 14.2 Å². The van der Waals surface area contributed by atoms with Crippen molar-refractivity contribution in [2.75, 3.05) is 31.2 Å². The minimum Gasteiger partial charge on any atom is -0.386 e. The lowest BCUT2D eigenvalue weighted by Gasteiger charge is -2.29. The Morgan fingerprint density at radius 2 is 2.17 bits per heavy atom. The van der Waals surface area contributed by atoms with Crippen LogP contribution in [0.5, 0.6) is 0 Å². The molecule has 9 heteroatoms. The zero-order chi connectivity index (χ0) is 16.8. The molecular weight excluding hydrogens is 412 g/mol. The SMILES string of the molecule is C[C@@]1(O)COCCN(c2nc(Cl)nc3c(F)c(Br)c(Cl)cc23)C1. The maximum absolute atomic E-state index is 14.4. The molecule has 0 spiro atoms. The van der Waals surface area contributed by atoms with Gasteiger partial charge in [0.25, 0.3) is 0 Å². The Bertz CT molecular complexity index is 776. The molecule has 0 radical (unpaired) electrons. The number of halogens is 4. The van der Waals surface area contributed by atoms with Crippen LogP contribution in [-0.4, -0.2) is 47.0 Å². The van der Waals surface area contributed by atoms with Crippen LogP contribution in [0.3, 0.4) is 0 Å². The standard InChI is InChI=1S/C14H13BrCl2FN3O2/c1-14(22)5-21(2-3-23-6-14)12-7-4-8(16)9(15)10(18)11(7)19-13(17)20-12/h4,22H,2-3,5-6H2,1H3/t14-/m0/s1. The van der Waals surface area contributed by atoms with Gasteiger partial charge in [-0.3, -0.25) is 0 Å². The molecule has 124 valence electrons. The van der Waals surface area contributed by atoms with Gasteiger partial charge in [0.1, 0.15) is 16.9 Å². The molecule has 23 heavy (non-hydrogen) atoms. The topological polar surface area (TPSA) is 58.5 Å². The van der Waals surface area contributed by atoms with E-state index in [0.717, 1.165) is 0 Å². The van der Waals surface area contributed by atoms with Gasteiger partial charge in [0.2, 0.25) is 5.28 Å². The number of aromatic nitrogens is 2. The normalized spacial score (nSPS) is 22.4. The maximum Gasteiger partial charge on any atom is 0.225 e. The molecule has 1 saturated heterocycles. The molecule has 3 rings (SSSR count). The third-order valence-corrected chi connectivity index (χ3v) is 5.00. The van der Waals surface area contributed by atoms with Crippen LogP contribution >= 0.6 is 39.1 Å². The van der Waals surface area contributed by atoms with E-state index in [4.69, 9.17) is 27.9 Å². The highest BCUT2D eigenvalue weighted by Crippen LogP contribution is 2.36. The molecule has 1 aliphatic rings. The smallest absolute Gasteiger partial charge is 0.225 e. The van der Waals surface area contributed by atoms with E-state index >= 15 is 0 Å². The van der Waals surface area contributed by atoms with Crippen LogP contribution < -0.4 is 4.90 Å². The molecule has 0 bridgehead atoms. The molecule has 2 aromatic rings. The lowest BCUT2D eigenvalue weighted by molar-refractivity contribution is -0.0123. The average Bonchev–Trinajstić information content (AvgIpc) is 2.66. The average molecular weight is 425 g/mol. The summed E-state index contributed by atoms with van der Waals surface area (Å²) in [6.45, 7) is 3.03. The summed E-state index contributed by atoms with van der Waals surface area (Å²) in [5.74, 6) is -0.185. The van der Waals surface area contributed by atoms with E-state index in [1.165, 1.54) is 0 Å². The first-order valence-electron chi connectivity index (χ1n) is 6.84. The van der Waals surface area contributed by atoms with Crippen LogP contribution in [0.2, 0.25) is 10.3 Å². The van der Waals surface area contributed by atoms with Crippen molar-refractivity contribution in [2.45, 2.75) is 12.5 Å². The van der Waals surface area contributed by atoms with Crippen molar-refractivity contribution in [3.05, 3.63) is 26.7 Å². The van der Waals surface area contributed by atoms with Gasteiger partial charge in [0.15, 0.2) is 5.82 Å². The Balaban J connectivity index is 2.20. The molecule has 5 nitrogen and oxygen atoms in total. The third-order valence-electron chi connectivity index (χ3n) is 3.53. The minimum atomic E-state index is -1.06. The zero-order valence-electron chi connectivity index (χ0n) is 12.1. The first-order valence-corrected chi connectivity index (χ1v) is 8.39. The second-order valence-electron chi connectivity index (χ2n) is 5.67. The van der Waals surface area contributed by atoms with E-state index in [9.17, 15) is 9.50 Å². The first-order chi connectivity index (χ1) is 10.8. The number of benzene rings is 1. The highest BCUT2D eigenvalue weighted by molar-refractivity contribution is 9.10. The molecule has 0 amide bonds. The summed E-state index contributed by atoms with van der Waals surface area (Å²) in [5, 5.41) is 10.9. The summed E-state index contributed by atoms with van der Waals surface area (Å²) in [4.78, 5) is 9.98. The minimum absolute atomic E-state index is 0.0704. The zero-order valence-corrected chi connectivity index (χ0v) is 15.2. The monoisotopic (exact) mass is 423 g/mol. The number of anilines is 1. The molecule has 1 N–H and O–H groups in total. The van der Waals surface area contributed by atoms with Gasteiger partial charge in [-0.15, -0.1) is 0 Å². The van der Waals surface area contributed by atoms with Crippen molar-refractivity contribution in [3.63, 3.8) is 0 Å². The van der Waals surface area contributed by atoms with Crippen LogP contribution in [0.1, 0.15) is 6.92 Å². The van der Waals surface area contributed by atoms with E-state index in [0.29, 0.717) is 24.4 Å². The summed E-state index contributed by atoms with van der Waals surface area (Å²) in [6, 6.07) is 1.58. The van der Waals surface area contributed by atoms with E-state index in [1.54, 1.807) is 17.9 Å². The second-order valence-corrected chi connectivity index (χ2v) is 7.21. The van der Waals surface area contributed by atoms with Crippen molar-refractivity contribution in [3.8, 4) is 0 Å². The largest absolute Gasteiger partial charge is 0.386 e. The van der Waals surface area contributed by atoms with Crippen molar-refractivity contribution in [2.24, 2.45) is 0 Å². The van der Waals surface area contributed by atoms with Gasteiger partial charge >= 0.3 is 0 Å². The molecule has 1 fully saturated rings. The van der Waals surface area contributed by atoms with E-state index in [1.807, 2.05) is 0 Å². The van der Waals surface area contributed by atoms with Crippen LogP contribution in [0.25, 0.3) is 10.9 Å². The predicted octanol–water partition coefficient (Wildman–Crippen LogP) is 3.43. The van der Waals surface area contributed by atoms with Gasteiger partial charge in [-0.1, -0.05) is 11.6 Å². The van der Waals surface area contributed by atoms with Crippen LogP contribution in [-0.2, 0) is 4.74 Å². The number of rotatable bonds is 1. The summed E-state index contributed by atoms with van der Waals surface area (Å²) >= 11 is 15.1. The molecule has 2 heterocycles. The molecule has 1 aliphatic heterocycles. The van der Waals surface area contributed by atoms with Crippen molar-refractivity contribution >= 4 is 55.9 Å². The summed E-state index contributed by atoms with van der Waals surface area (Å²) in [6.07, 6.45) is 0. The van der Waals surface area contributed by atoms with Crippen molar-refractivity contribution in [1.29, 1.82) is 0 Å². The van der Waals surface area contributed by atoms with E-state index < -0.39 is 11.4 Å². The fourth-order valence-electron chi connectivity index (χ4n) is 2.55. The molecule has 0 unspecified atom stereocenters. The van der Waals surface area contributed by atoms with Gasteiger partial charge in [-0.25, -0.2) is 9.37 Å². The number of ether oxygens (including phenoxy) is 1. The number of nitrogens with zero attached hydrogens (tertiary/aromatic N) is 3. The first kappa shape index (κ1) is 17.1. The van der Waals surface area contributed by atoms with Gasteiger partial charge in [-0.2, -0.15) is 4.98 Å². The van der Waals surface area contributed by atoms with Crippen LogP contribution in [0.4, 0.5) is 10.2 Å². The van der Waals surface area contributed by atoms with E-state index in [-0.39, 0.29) is 33.4 Å². The lowest BCUT2D eigenvalue weighted by Crippen LogP contribution is -2.42. The molecule has 1 aromatic heterocycles. The fourth-order valence-corrected chi connectivity index (χ4v) is 3.21. The van der Waals surface area contributed by atoms with Crippen LogP contribution in [0.15, 0.2) is 10.5 Å². The molecular formula is C14H13BrCl2FN3O2. The molecule has 1 aromatic carbocycles. The highest BCUT2D eigenvalue weighted by Gasteiger charge is 2.30. The van der Waals surface area contributed by atoms with Crippen molar-refractivity contribution in [1.82, 2.24) is 9.97 Å². The Kier molecular flexibility index (Phi) is 4.68.